The molecule has 0 radical (unpaired) electrons. The van der Waals surface area contributed by atoms with Gasteiger partial charge in [-0.25, -0.2) is 4.79 Å². The summed E-state index contributed by atoms with van der Waals surface area (Å²) in [5, 5.41) is 15.0. The summed E-state index contributed by atoms with van der Waals surface area (Å²) in [6, 6.07) is 13.9. The van der Waals surface area contributed by atoms with E-state index in [4.69, 9.17) is 0 Å². The van der Waals surface area contributed by atoms with Crippen molar-refractivity contribution in [2.75, 3.05) is 23.7 Å². The molecule has 0 saturated carbocycles. The highest BCUT2D eigenvalue weighted by atomic mass is 16.4. The first-order chi connectivity index (χ1) is 13.3. The van der Waals surface area contributed by atoms with Crippen LogP contribution in [0.5, 0.6) is 0 Å². The van der Waals surface area contributed by atoms with Crippen LogP contribution in [0.2, 0.25) is 0 Å². The van der Waals surface area contributed by atoms with Gasteiger partial charge in [0, 0.05) is 30.0 Å². The van der Waals surface area contributed by atoms with Crippen molar-refractivity contribution < 1.29 is 19.5 Å². The largest absolute Gasteiger partial charge is 0.481 e. The zero-order valence-electron chi connectivity index (χ0n) is 15.9. The van der Waals surface area contributed by atoms with Crippen LogP contribution >= 0.6 is 0 Å². The molecular formula is C21H23N3O4. The fourth-order valence-corrected chi connectivity index (χ4v) is 3.24. The number of aliphatic carboxylic acids is 1. The Morgan fingerprint density at radius 1 is 1.04 bits per heavy atom. The minimum absolute atomic E-state index is 0.154. The predicted molar refractivity (Wildman–Crippen MR) is 107 cm³/mol. The summed E-state index contributed by atoms with van der Waals surface area (Å²) in [6.07, 6.45) is 0.411. The second-order valence-corrected chi connectivity index (χ2v) is 7.27. The van der Waals surface area contributed by atoms with Gasteiger partial charge >= 0.3 is 12.0 Å². The molecule has 0 aliphatic carbocycles. The highest BCUT2D eigenvalue weighted by Gasteiger charge is 2.42. The maximum Gasteiger partial charge on any atom is 0.321 e. The first-order valence-electron chi connectivity index (χ1n) is 9.05. The summed E-state index contributed by atoms with van der Waals surface area (Å²) >= 11 is 0. The first kappa shape index (κ1) is 19.4. The smallest absolute Gasteiger partial charge is 0.321 e. The van der Waals surface area contributed by atoms with Gasteiger partial charge in [0.2, 0.25) is 0 Å². The molecule has 1 heterocycles. The van der Waals surface area contributed by atoms with E-state index < -0.39 is 11.4 Å². The van der Waals surface area contributed by atoms with Gasteiger partial charge in [0.25, 0.3) is 5.91 Å². The van der Waals surface area contributed by atoms with Gasteiger partial charge in [0.05, 0.1) is 5.41 Å². The van der Waals surface area contributed by atoms with E-state index in [0.29, 0.717) is 35.5 Å². The number of anilines is 2. The van der Waals surface area contributed by atoms with E-state index in [1.165, 1.54) is 4.90 Å². The summed E-state index contributed by atoms with van der Waals surface area (Å²) < 4.78 is 0. The number of likely N-dealkylation sites (tertiary alicyclic amines) is 1. The lowest BCUT2D eigenvalue weighted by Crippen LogP contribution is -2.37. The second kappa shape index (κ2) is 7.72. The number of rotatable bonds is 4. The van der Waals surface area contributed by atoms with Crippen LogP contribution in [-0.2, 0) is 4.79 Å². The van der Waals surface area contributed by atoms with Crippen molar-refractivity contribution >= 4 is 29.3 Å². The molecule has 7 nitrogen and oxygen atoms in total. The standard InChI is InChI=1S/C21H23N3O4/c1-14-16(18(25)22-15-7-4-3-5-8-15)9-6-10-17(14)23-20(28)24-12-11-21(2,13-24)19(26)27/h3-10H,11-13H2,1-2H3,(H,22,25)(H,23,28)(H,26,27). The van der Waals surface area contributed by atoms with E-state index in [1.807, 2.05) is 18.2 Å². The van der Waals surface area contributed by atoms with Crippen LogP contribution in [0.3, 0.4) is 0 Å². The quantitative estimate of drug-likeness (QED) is 0.754. The fraction of sp³-hybridized carbons (Fsp3) is 0.286. The van der Waals surface area contributed by atoms with Crippen molar-refractivity contribution in [1.29, 1.82) is 0 Å². The number of benzene rings is 2. The van der Waals surface area contributed by atoms with Crippen LogP contribution in [0.25, 0.3) is 0 Å². The number of hydrogen-bond donors (Lipinski definition) is 3. The third kappa shape index (κ3) is 3.98. The van der Waals surface area contributed by atoms with Crippen molar-refractivity contribution in [3.05, 3.63) is 59.7 Å². The fourth-order valence-electron chi connectivity index (χ4n) is 3.24. The van der Waals surface area contributed by atoms with E-state index in [-0.39, 0.29) is 18.5 Å². The Morgan fingerprint density at radius 3 is 2.39 bits per heavy atom. The second-order valence-electron chi connectivity index (χ2n) is 7.27. The highest BCUT2D eigenvalue weighted by Crippen LogP contribution is 2.31. The molecule has 1 fully saturated rings. The SMILES string of the molecule is Cc1c(NC(=O)N2CCC(C)(C(=O)O)C2)cccc1C(=O)Nc1ccccc1. The van der Waals surface area contributed by atoms with Gasteiger partial charge < -0.3 is 20.6 Å². The maximum atomic E-state index is 12.6. The molecule has 1 atom stereocenters. The molecule has 2 aromatic rings. The normalized spacial score (nSPS) is 18.6. The first-order valence-corrected chi connectivity index (χ1v) is 9.05. The van der Waals surface area contributed by atoms with Crippen molar-refractivity contribution in [3.8, 4) is 0 Å². The Hall–Kier alpha value is -3.35. The van der Waals surface area contributed by atoms with Crippen LogP contribution in [0, 0.1) is 12.3 Å². The van der Waals surface area contributed by atoms with Gasteiger partial charge in [0.1, 0.15) is 0 Å². The van der Waals surface area contributed by atoms with Crippen molar-refractivity contribution in [3.63, 3.8) is 0 Å². The minimum Gasteiger partial charge on any atom is -0.481 e. The van der Waals surface area contributed by atoms with E-state index in [0.717, 1.165) is 0 Å². The van der Waals surface area contributed by atoms with Gasteiger partial charge in [-0.3, -0.25) is 9.59 Å². The summed E-state index contributed by atoms with van der Waals surface area (Å²) in [4.78, 5) is 38.0. The number of carboxylic acids is 1. The number of urea groups is 1. The molecule has 1 unspecified atom stereocenters. The summed E-state index contributed by atoms with van der Waals surface area (Å²) in [5.41, 5.74) is 1.38. The van der Waals surface area contributed by atoms with Crippen LogP contribution in [-0.4, -0.2) is 41.0 Å². The summed E-state index contributed by atoms with van der Waals surface area (Å²) in [7, 11) is 0. The maximum absolute atomic E-state index is 12.6. The molecule has 3 amide bonds. The highest BCUT2D eigenvalue weighted by molar-refractivity contribution is 6.06. The molecule has 3 N–H and O–H groups in total. The number of carboxylic acid groups (broad SMARTS) is 1. The van der Waals surface area contributed by atoms with E-state index in [9.17, 15) is 19.5 Å². The third-order valence-corrected chi connectivity index (χ3v) is 5.13. The topological polar surface area (TPSA) is 98.7 Å². The number of nitrogens with one attached hydrogen (secondary N) is 2. The summed E-state index contributed by atoms with van der Waals surface area (Å²) in [6.45, 7) is 3.94. The van der Waals surface area contributed by atoms with Gasteiger partial charge in [-0.05, 0) is 50.1 Å². The molecule has 146 valence electrons. The van der Waals surface area contributed by atoms with Gasteiger partial charge in [-0.1, -0.05) is 24.3 Å². The number of hydrogen-bond acceptors (Lipinski definition) is 3. The summed E-state index contributed by atoms with van der Waals surface area (Å²) in [5.74, 6) is -1.17. The van der Waals surface area contributed by atoms with Crippen LogP contribution in [0.1, 0.15) is 29.3 Å². The number of amides is 3. The lowest BCUT2D eigenvalue weighted by Gasteiger charge is -2.21. The van der Waals surface area contributed by atoms with Gasteiger partial charge in [-0.15, -0.1) is 0 Å². The number of para-hydroxylation sites is 1. The van der Waals surface area contributed by atoms with E-state index in [2.05, 4.69) is 10.6 Å². The molecule has 0 aromatic heterocycles. The van der Waals surface area contributed by atoms with E-state index in [1.54, 1.807) is 44.2 Å². The molecule has 3 rings (SSSR count). The van der Waals surface area contributed by atoms with E-state index >= 15 is 0 Å². The Bertz CT molecular complexity index is 913. The van der Waals surface area contributed by atoms with Crippen LogP contribution in [0.15, 0.2) is 48.5 Å². The Balaban J connectivity index is 1.72. The monoisotopic (exact) mass is 381 g/mol. The Morgan fingerprint density at radius 2 is 1.75 bits per heavy atom. The van der Waals surface area contributed by atoms with Gasteiger partial charge in [-0.2, -0.15) is 0 Å². The van der Waals surface area contributed by atoms with Crippen molar-refractivity contribution in [1.82, 2.24) is 4.90 Å². The number of carbonyl (C=O) groups excluding carboxylic acids is 2. The average molecular weight is 381 g/mol. The lowest BCUT2D eigenvalue weighted by molar-refractivity contribution is -0.146. The molecule has 2 aromatic carbocycles. The molecule has 7 heteroatoms. The molecule has 1 aliphatic rings. The predicted octanol–water partition coefficient (Wildman–Crippen LogP) is 3.58. The van der Waals surface area contributed by atoms with Gasteiger partial charge in [0.15, 0.2) is 0 Å². The zero-order valence-corrected chi connectivity index (χ0v) is 15.9. The minimum atomic E-state index is -0.927. The Kier molecular flexibility index (Phi) is 5.35. The van der Waals surface area contributed by atoms with Crippen LogP contribution < -0.4 is 10.6 Å². The molecule has 1 aliphatic heterocycles. The number of carbonyl (C=O) groups is 3. The molecule has 0 bridgehead atoms. The third-order valence-electron chi connectivity index (χ3n) is 5.13. The number of nitrogens with zero attached hydrogens (tertiary/aromatic N) is 1. The Labute approximate surface area is 163 Å². The molecular weight excluding hydrogens is 358 g/mol. The van der Waals surface area contributed by atoms with Crippen LogP contribution in [0.4, 0.5) is 16.2 Å². The molecule has 0 spiro atoms. The molecule has 28 heavy (non-hydrogen) atoms. The van der Waals surface area contributed by atoms with Crippen molar-refractivity contribution in [2.45, 2.75) is 20.3 Å². The molecule has 1 saturated heterocycles. The zero-order chi connectivity index (χ0) is 20.3. The van der Waals surface area contributed by atoms with Crippen molar-refractivity contribution in [2.24, 2.45) is 5.41 Å². The average Bonchev–Trinajstić information content (AvgIpc) is 3.08. The lowest BCUT2D eigenvalue weighted by atomic mass is 9.90.